The lowest BCUT2D eigenvalue weighted by Gasteiger charge is -2.12. The van der Waals surface area contributed by atoms with Gasteiger partial charge in [-0.15, -0.1) is 0 Å². The Bertz CT molecular complexity index is 686. The zero-order valence-corrected chi connectivity index (χ0v) is 12.1. The van der Waals surface area contributed by atoms with Crippen molar-refractivity contribution in [2.75, 3.05) is 11.1 Å². The second-order valence-corrected chi connectivity index (χ2v) is 5.18. The molecule has 0 saturated heterocycles. The third kappa shape index (κ3) is 3.75. The van der Waals surface area contributed by atoms with Gasteiger partial charge in [0.15, 0.2) is 0 Å². The standard InChI is InChI=1S/C14H10BrF3N2O/c15-9-3-1-2-8(6-9)13(21)20-10-4-5-12(19)11(7-10)14(16,17)18/h1-7H,19H2,(H,20,21). The van der Waals surface area contributed by atoms with Gasteiger partial charge in [-0.05, 0) is 36.4 Å². The van der Waals surface area contributed by atoms with Gasteiger partial charge in [0.25, 0.3) is 5.91 Å². The zero-order chi connectivity index (χ0) is 15.6. The lowest BCUT2D eigenvalue weighted by Crippen LogP contribution is -2.14. The minimum atomic E-state index is -4.57. The van der Waals surface area contributed by atoms with Gasteiger partial charge in [0.1, 0.15) is 0 Å². The van der Waals surface area contributed by atoms with E-state index in [0.29, 0.717) is 10.0 Å². The number of halogens is 4. The van der Waals surface area contributed by atoms with Crippen LogP contribution in [0.3, 0.4) is 0 Å². The number of carbonyl (C=O) groups excluding carboxylic acids is 1. The van der Waals surface area contributed by atoms with E-state index in [-0.39, 0.29) is 11.4 Å². The van der Waals surface area contributed by atoms with Gasteiger partial charge in [0.2, 0.25) is 0 Å². The van der Waals surface area contributed by atoms with E-state index in [1.54, 1.807) is 24.3 Å². The molecular weight excluding hydrogens is 349 g/mol. The average Bonchev–Trinajstić information content (AvgIpc) is 2.39. The van der Waals surface area contributed by atoms with Crippen molar-refractivity contribution in [3.05, 3.63) is 58.1 Å². The Balaban J connectivity index is 2.26. The number of alkyl halides is 3. The molecule has 0 saturated carbocycles. The molecule has 3 N–H and O–H groups in total. The van der Waals surface area contributed by atoms with E-state index in [2.05, 4.69) is 21.2 Å². The Morgan fingerprint density at radius 2 is 1.86 bits per heavy atom. The van der Waals surface area contributed by atoms with Gasteiger partial charge in [-0.3, -0.25) is 4.79 Å². The molecule has 0 aliphatic carbocycles. The molecule has 7 heteroatoms. The number of carbonyl (C=O) groups is 1. The van der Waals surface area contributed by atoms with Crippen LogP contribution in [0.4, 0.5) is 24.5 Å². The van der Waals surface area contributed by atoms with E-state index >= 15 is 0 Å². The molecule has 2 rings (SSSR count). The summed E-state index contributed by atoms with van der Waals surface area (Å²) in [5.41, 5.74) is 4.29. The summed E-state index contributed by atoms with van der Waals surface area (Å²) in [7, 11) is 0. The summed E-state index contributed by atoms with van der Waals surface area (Å²) >= 11 is 3.22. The van der Waals surface area contributed by atoms with E-state index in [4.69, 9.17) is 5.73 Å². The fourth-order valence-corrected chi connectivity index (χ4v) is 2.11. The first-order valence-corrected chi connectivity index (χ1v) is 6.60. The first-order valence-electron chi connectivity index (χ1n) is 5.81. The maximum Gasteiger partial charge on any atom is 0.418 e. The number of hydrogen-bond donors (Lipinski definition) is 2. The first-order chi connectivity index (χ1) is 9.77. The van der Waals surface area contributed by atoms with E-state index in [9.17, 15) is 18.0 Å². The minimum Gasteiger partial charge on any atom is -0.398 e. The molecule has 2 aromatic rings. The van der Waals surface area contributed by atoms with Crippen LogP contribution in [0.25, 0.3) is 0 Å². The maximum absolute atomic E-state index is 12.7. The van der Waals surface area contributed by atoms with Crippen LogP contribution in [-0.2, 0) is 6.18 Å². The molecule has 0 unspecified atom stereocenters. The maximum atomic E-state index is 12.7. The summed E-state index contributed by atoms with van der Waals surface area (Å²) in [6, 6.07) is 9.76. The topological polar surface area (TPSA) is 55.1 Å². The second-order valence-electron chi connectivity index (χ2n) is 4.26. The highest BCUT2D eigenvalue weighted by Gasteiger charge is 2.33. The van der Waals surface area contributed by atoms with Gasteiger partial charge in [-0.25, -0.2) is 0 Å². The van der Waals surface area contributed by atoms with E-state index in [0.717, 1.165) is 12.1 Å². The smallest absolute Gasteiger partial charge is 0.398 e. The van der Waals surface area contributed by atoms with Crippen LogP contribution in [0.5, 0.6) is 0 Å². The summed E-state index contributed by atoms with van der Waals surface area (Å²) in [5.74, 6) is -0.505. The van der Waals surface area contributed by atoms with Gasteiger partial charge in [-0.2, -0.15) is 13.2 Å². The Morgan fingerprint density at radius 1 is 1.14 bits per heavy atom. The van der Waals surface area contributed by atoms with Crippen LogP contribution in [-0.4, -0.2) is 5.91 Å². The predicted octanol–water partition coefficient (Wildman–Crippen LogP) is 4.30. The molecule has 0 bridgehead atoms. The van der Waals surface area contributed by atoms with Crippen molar-refractivity contribution >= 4 is 33.2 Å². The normalized spacial score (nSPS) is 11.2. The average molecular weight is 359 g/mol. The Kier molecular flexibility index (Phi) is 4.22. The SMILES string of the molecule is Nc1ccc(NC(=O)c2cccc(Br)c2)cc1C(F)(F)F. The van der Waals surface area contributed by atoms with Gasteiger partial charge in [0, 0.05) is 21.4 Å². The highest BCUT2D eigenvalue weighted by Crippen LogP contribution is 2.35. The van der Waals surface area contributed by atoms with Crippen LogP contribution >= 0.6 is 15.9 Å². The molecule has 0 aliphatic rings. The molecule has 0 aromatic heterocycles. The number of benzene rings is 2. The fraction of sp³-hybridized carbons (Fsp3) is 0.0714. The number of nitrogen functional groups attached to an aromatic ring is 1. The summed E-state index contributed by atoms with van der Waals surface area (Å²) in [5, 5.41) is 2.41. The van der Waals surface area contributed by atoms with Gasteiger partial charge < -0.3 is 11.1 Å². The van der Waals surface area contributed by atoms with Gasteiger partial charge in [-0.1, -0.05) is 22.0 Å². The number of hydrogen-bond acceptors (Lipinski definition) is 2. The Hall–Kier alpha value is -2.02. The summed E-state index contributed by atoms with van der Waals surface area (Å²) in [4.78, 5) is 12.0. The van der Waals surface area contributed by atoms with Crippen molar-refractivity contribution < 1.29 is 18.0 Å². The molecule has 0 radical (unpaired) electrons. The number of rotatable bonds is 2. The molecule has 1 amide bonds. The van der Waals surface area contributed by atoms with E-state index in [1.165, 1.54) is 6.07 Å². The molecule has 0 atom stereocenters. The van der Waals surface area contributed by atoms with Gasteiger partial charge in [0.05, 0.1) is 5.56 Å². The Labute approximate surface area is 127 Å². The monoisotopic (exact) mass is 358 g/mol. The minimum absolute atomic E-state index is 0.0292. The summed E-state index contributed by atoms with van der Waals surface area (Å²) in [6.07, 6.45) is -4.57. The first kappa shape index (κ1) is 15.4. The predicted molar refractivity (Wildman–Crippen MR) is 78.0 cm³/mol. The van der Waals surface area contributed by atoms with Crippen molar-refractivity contribution in [3.8, 4) is 0 Å². The molecule has 0 heterocycles. The number of anilines is 2. The fourth-order valence-electron chi connectivity index (χ4n) is 1.71. The molecule has 110 valence electrons. The number of nitrogens with two attached hydrogens (primary N) is 1. The highest BCUT2D eigenvalue weighted by atomic mass is 79.9. The van der Waals surface area contributed by atoms with Crippen LogP contribution in [0, 0.1) is 0 Å². The second kappa shape index (κ2) is 5.77. The molecule has 0 aliphatic heterocycles. The lowest BCUT2D eigenvalue weighted by atomic mass is 10.1. The summed E-state index contributed by atoms with van der Waals surface area (Å²) in [6.45, 7) is 0. The van der Waals surface area contributed by atoms with Crippen LogP contribution < -0.4 is 11.1 Å². The van der Waals surface area contributed by atoms with Crippen molar-refractivity contribution in [3.63, 3.8) is 0 Å². The van der Waals surface area contributed by atoms with Crippen molar-refractivity contribution in [1.82, 2.24) is 0 Å². The molecule has 3 nitrogen and oxygen atoms in total. The van der Waals surface area contributed by atoms with Crippen molar-refractivity contribution in [2.24, 2.45) is 0 Å². The molecule has 0 spiro atoms. The summed E-state index contributed by atoms with van der Waals surface area (Å²) < 4.78 is 38.9. The largest absolute Gasteiger partial charge is 0.418 e. The third-order valence-corrected chi connectivity index (χ3v) is 3.20. The molecule has 2 aromatic carbocycles. The lowest BCUT2D eigenvalue weighted by molar-refractivity contribution is -0.136. The van der Waals surface area contributed by atoms with Crippen LogP contribution in [0.1, 0.15) is 15.9 Å². The third-order valence-electron chi connectivity index (χ3n) is 2.70. The van der Waals surface area contributed by atoms with Crippen molar-refractivity contribution in [2.45, 2.75) is 6.18 Å². The van der Waals surface area contributed by atoms with E-state index in [1.807, 2.05) is 0 Å². The molecule has 0 fully saturated rings. The van der Waals surface area contributed by atoms with Crippen LogP contribution in [0.15, 0.2) is 46.9 Å². The molecular formula is C14H10BrF3N2O. The van der Waals surface area contributed by atoms with Crippen molar-refractivity contribution in [1.29, 1.82) is 0 Å². The highest BCUT2D eigenvalue weighted by molar-refractivity contribution is 9.10. The number of nitrogens with one attached hydrogen (secondary N) is 1. The molecule has 21 heavy (non-hydrogen) atoms. The number of amides is 1. The Morgan fingerprint density at radius 3 is 2.48 bits per heavy atom. The zero-order valence-electron chi connectivity index (χ0n) is 10.5. The van der Waals surface area contributed by atoms with E-state index < -0.39 is 17.6 Å². The quantitative estimate of drug-likeness (QED) is 0.786. The van der Waals surface area contributed by atoms with Gasteiger partial charge >= 0.3 is 6.18 Å². The van der Waals surface area contributed by atoms with Crippen LogP contribution in [0.2, 0.25) is 0 Å².